The van der Waals surface area contributed by atoms with Crippen LogP contribution in [0.4, 0.5) is 10.8 Å². The largest absolute Gasteiger partial charge is 0.325 e. The first-order valence-electron chi connectivity index (χ1n) is 9.29. The normalized spacial score (nSPS) is 16.2. The maximum Gasteiger partial charge on any atom is 0.240 e. The molecule has 0 saturated carbocycles. The van der Waals surface area contributed by atoms with Gasteiger partial charge in [-0.25, -0.2) is 13.6 Å². The van der Waals surface area contributed by atoms with Crippen molar-refractivity contribution in [2.45, 2.75) is 14.6 Å². The molecule has 2 heterocycles. The molecule has 1 aromatic heterocycles. The number of sulfonamides is 1. The summed E-state index contributed by atoms with van der Waals surface area (Å²) in [4.78, 5) is 26.3. The molecule has 0 radical (unpaired) electrons. The molecular formula is C19H16ClN5O4S4. The maximum absolute atomic E-state index is 12.5. The minimum absolute atomic E-state index is 0.0391. The van der Waals surface area contributed by atoms with Crippen LogP contribution in [-0.4, -0.2) is 41.9 Å². The van der Waals surface area contributed by atoms with E-state index in [9.17, 15) is 18.0 Å². The van der Waals surface area contributed by atoms with Gasteiger partial charge in [-0.1, -0.05) is 46.8 Å². The van der Waals surface area contributed by atoms with Gasteiger partial charge in [0.2, 0.25) is 27.0 Å². The summed E-state index contributed by atoms with van der Waals surface area (Å²) in [5.74, 6) is 0.0388. The molecular weight excluding hydrogens is 526 g/mol. The third-order valence-corrected chi connectivity index (χ3v) is 8.87. The third kappa shape index (κ3) is 5.86. The second kappa shape index (κ2) is 9.99. The van der Waals surface area contributed by atoms with E-state index in [-0.39, 0.29) is 27.8 Å². The van der Waals surface area contributed by atoms with Crippen molar-refractivity contribution in [1.29, 1.82) is 0 Å². The number of halogens is 1. The van der Waals surface area contributed by atoms with E-state index in [2.05, 4.69) is 15.5 Å². The van der Waals surface area contributed by atoms with Gasteiger partial charge in [0.15, 0.2) is 4.34 Å². The van der Waals surface area contributed by atoms with Gasteiger partial charge in [-0.15, -0.1) is 22.0 Å². The van der Waals surface area contributed by atoms with Gasteiger partial charge in [0.1, 0.15) is 5.37 Å². The summed E-state index contributed by atoms with van der Waals surface area (Å²) < 4.78 is 23.1. The lowest BCUT2D eigenvalue weighted by Crippen LogP contribution is -2.27. The predicted molar refractivity (Wildman–Crippen MR) is 131 cm³/mol. The van der Waals surface area contributed by atoms with Gasteiger partial charge >= 0.3 is 0 Å². The molecule has 3 N–H and O–H groups in total. The van der Waals surface area contributed by atoms with Crippen LogP contribution < -0.4 is 15.4 Å². The molecule has 9 nitrogen and oxygen atoms in total. The van der Waals surface area contributed by atoms with Crippen molar-refractivity contribution in [3.8, 4) is 0 Å². The van der Waals surface area contributed by atoms with Crippen LogP contribution in [0.25, 0.3) is 0 Å². The highest BCUT2D eigenvalue weighted by atomic mass is 35.5. The van der Waals surface area contributed by atoms with Crippen molar-refractivity contribution in [3.05, 3.63) is 59.1 Å². The average molecular weight is 542 g/mol. The summed E-state index contributed by atoms with van der Waals surface area (Å²) in [5, 5.41) is 16.9. The number of nitrogens with zero attached hydrogens (tertiary/aromatic N) is 3. The average Bonchev–Trinajstić information content (AvgIpc) is 3.39. The van der Waals surface area contributed by atoms with Crippen LogP contribution in [0.3, 0.4) is 0 Å². The minimum atomic E-state index is -3.79. The number of hydrogen-bond donors (Lipinski definition) is 2. The van der Waals surface area contributed by atoms with E-state index in [1.807, 2.05) is 12.1 Å². The van der Waals surface area contributed by atoms with Gasteiger partial charge in [-0.3, -0.25) is 14.5 Å². The molecule has 1 atom stereocenters. The second-order valence-electron chi connectivity index (χ2n) is 6.74. The number of anilines is 2. The Morgan fingerprint density at radius 1 is 1.18 bits per heavy atom. The van der Waals surface area contributed by atoms with Gasteiger partial charge in [0.05, 0.1) is 16.4 Å². The zero-order valence-electron chi connectivity index (χ0n) is 16.7. The highest BCUT2D eigenvalue weighted by molar-refractivity contribution is 8.01. The molecule has 2 aromatic carbocycles. The van der Waals surface area contributed by atoms with Crippen molar-refractivity contribution in [1.82, 2.24) is 10.2 Å². The first kappa shape index (κ1) is 24.0. The fourth-order valence-corrected chi connectivity index (χ4v) is 6.47. The molecule has 0 bridgehead atoms. The molecule has 172 valence electrons. The lowest BCUT2D eigenvalue weighted by molar-refractivity contribution is -0.116. The number of hydrogen-bond acceptors (Lipinski definition) is 9. The summed E-state index contributed by atoms with van der Waals surface area (Å²) in [6.45, 7) is 0. The van der Waals surface area contributed by atoms with Crippen LogP contribution in [0.2, 0.25) is 5.02 Å². The molecule has 14 heteroatoms. The molecule has 33 heavy (non-hydrogen) atoms. The van der Waals surface area contributed by atoms with Crippen molar-refractivity contribution in [2.24, 2.45) is 5.14 Å². The Hall–Kier alpha value is -2.16. The van der Waals surface area contributed by atoms with E-state index in [1.165, 1.54) is 59.1 Å². The topological polar surface area (TPSA) is 135 Å². The van der Waals surface area contributed by atoms with E-state index >= 15 is 0 Å². The molecule has 0 spiro atoms. The van der Waals surface area contributed by atoms with Crippen LogP contribution in [0.5, 0.6) is 0 Å². The first-order chi connectivity index (χ1) is 15.7. The van der Waals surface area contributed by atoms with Crippen LogP contribution in [0.15, 0.2) is 57.8 Å². The van der Waals surface area contributed by atoms with E-state index in [4.69, 9.17) is 16.7 Å². The summed E-state index contributed by atoms with van der Waals surface area (Å²) in [6.07, 6.45) is 0. The highest BCUT2D eigenvalue weighted by Gasteiger charge is 2.36. The number of nitrogens with one attached hydrogen (secondary N) is 1. The van der Waals surface area contributed by atoms with Gasteiger partial charge in [-0.2, -0.15) is 0 Å². The lowest BCUT2D eigenvalue weighted by Gasteiger charge is -2.20. The third-order valence-electron chi connectivity index (χ3n) is 4.42. The molecule has 2 amide bonds. The SMILES string of the molecule is NS(=O)(=O)c1ccc(NC(=O)CSc2nnc(N3C(=O)CSC3c3ccc(Cl)cc3)s2)cc1. The van der Waals surface area contributed by atoms with Crippen LogP contribution >= 0.6 is 46.5 Å². The molecule has 1 saturated heterocycles. The monoisotopic (exact) mass is 541 g/mol. The van der Waals surface area contributed by atoms with E-state index in [0.717, 1.165) is 5.56 Å². The molecule has 1 fully saturated rings. The number of carbonyl (C=O) groups excluding carboxylic acids is 2. The number of rotatable bonds is 7. The number of amides is 2. The quantitative estimate of drug-likeness (QED) is 0.343. The van der Waals surface area contributed by atoms with Crippen molar-refractivity contribution >= 4 is 79.1 Å². The Labute approximate surface area is 207 Å². The smallest absolute Gasteiger partial charge is 0.240 e. The van der Waals surface area contributed by atoms with Crippen molar-refractivity contribution < 1.29 is 18.0 Å². The summed E-state index contributed by atoms with van der Waals surface area (Å²) in [5.41, 5.74) is 1.38. The van der Waals surface area contributed by atoms with Gasteiger partial charge in [0, 0.05) is 10.7 Å². The fraction of sp³-hybridized carbons (Fsp3) is 0.158. The Balaban J connectivity index is 1.37. The van der Waals surface area contributed by atoms with Crippen LogP contribution in [0, 0.1) is 0 Å². The number of nitrogens with two attached hydrogens (primary N) is 1. The van der Waals surface area contributed by atoms with Gasteiger partial charge in [0.25, 0.3) is 0 Å². The predicted octanol–water partition coefficient (Wildman–Crippen LogP) is 3.35. The summed E-state index contributed by atoms with van der Waals surface area (Å²) >= 11 is 9.89. The number of carbonyl (C=O) groups is 2. The molecule has 4 rings (SSSR count). The standard InChI is InChI=1S/C19H16ClN5O4S4/c20-12-3-1-11(2-4-12)17-25(16(27)10-30-17)18-23-24-19(32-18)31-9-15(26)22-13-5-7-14(8-6-13)33(21,28)29/h1-8,17H,9-10H2,(H,22,26)(H2,21,28,29). The van der Waals surface area contributed by atoms with Crippen molar-refractivity contribution in [2.75, 3.05) is 21.7 Å². The zero-order chi connectivity index (χ0) is 23.6. The first-order valence-corrected chi connectivity index (χ1v) is 14.1. The molecule has 3 aromatic rings. The van der Waals surface area contributed by atoms with Crippen molar-refractivity contribution in [3.63, 3.8) is 0 Å². The van der Waals surface area contributed by atoms with E-state index in [0.29, 0.717) is 25.9 Å². The number of thioether (sulfide) groups is 2. The lowest BCUT2D eigenvalue weighted by atomic mass is 10.2. The number of primary sulfonamides is 1. The molecule has 1 unspecified atom stereocenters. The number of aromatic nitrogens is 2. The summed E-state index contributed by atoms with van der Waals surface area (Å²) in [7, 11) is -3.79. The molecule has 1 aliphatic heterocycles. The van der Waals surface area contributed by atoms with Gasteiger partial charge in [-0.05, 0) is 42.0 Å². The molecule has 1 aliphatic rings. The number of benzene rings is 2. The van der Waals surface area contributed by atoms with E-state index in [1.54, 1.807) is 17.0 Å². The summed E-state index contributed by atoms with van der Waals surface area (Å²) in [6, 6.07) is 12.9. The Bertz CT molecular complexity index is 1280. The maximum atomic E-state index is 12.5. The Kier molecular flexibility index (Phi) is 7.26. The van der Waals surface area contributed by atoms with Gasteiger partial charge < -0.3 is 5.32 Å². The van der Waals surface area contributed by atoms with Crippen LogP contribution in [-0.2, 0) is 19.6 Å². The van der Waals surface area contributed by atoms with Crippen LogP contribution in [0.1, 0.15) is 10.9 Å². The Morgan fingerprint density at radius 3 is 2.55 bits per heavy atom. The zero-order valence-corrected chi connectivity index (χ0v) is 20.7. The minimum Gasteiger partial charge on any atom is -0.325 e. The van der Waals surface area contributed by atoms with E-state index < -0.39 is 10.0 Å². The Morgan fingerprint density at radius 2 is 1.88 bits per heavy atom. The molecule has 0 aliphatic carbocycles. The highest BCUT2D eigenvalue weighted by Crippen LogP contribution is 2.43. The fourth-order valence-electron chi connectivity index (χ4n) is 2.92. The second-order valence-corrected chi connectivity index (χ2v) is 12.0.